The molecule has 1 fully saturated rings. The molecular formula is C20H28N2O5. The predicted octanol–water partition coefficient (Wildman–Crippen LogP) is 2.77. The van der Waals surface area contributed by atoms with E-state index in [0.717, 1.165) is 36.8 Å². The van der Waals surface area contributed by atoms with Crippen LogP contribution >= 0.6 is 0 Å². The minimum Gasteiger partial charge on any atom is -0.482 e. The number of benzene rings is 1. The molecule has 1 unspecified atom stereocenters. The average Bonchev–Trinajstić information content (AvgIpc) is 2.63. The lowest BCUT2D eigenvalue weighted by molar-refractivity contribution is -0.156. The quantitative estimate of drug-likeness (QED) is 0.745. The molecule has 0 aliphatic heterocycles. The number of nitrogens with one attached hydrogen (secondary N) is 2. The predicted molar refractivity (Wildman–Crippen MR) is 101 cm³/mol. The van der Waals surface area contributed by atoms with Gasteiger partial charge in [-0.05, 0) is 56.9 Å². The van der Waals surface area contributed by atoms with Crippen molar-refractivity contribution in [1.29, 1.82) is 0 Å². The van der Waals surface area contributed by atoms with Crippen molar-refractivity contribution in [1.82, 2.24) is 10.6 Å². The average molecular weight is 376 g/mol. The Kier molecular flexibility index (Phi) is 7.64. The van der Waals surface area contributed by atoms with Gasteiger partial charge in [0.2, 0.25) is 0 Å². The molecule has 148 valence electrons. The van der Waals surface area contributed by atoms with E-state index < -0.39 is 24.0 Å². The number of ether oxygens (including phenoxy) is 2. The number of hydrogen-bond acceptors (Lipinski definition) is 5. The van der Waals surface area contributed by atoms with E-state index in [0.29, 0.717) is 5.75 Å². The fraction of sp³-hybridized carbons (Fsp3) is 0.550. The Balaban J connectivity index is 1.71. The maximum absolute atomic E-state index is 12.0. The van der Waals surface area contributed by atoms with Gasteiger partial charge in [-0.15, -0.1) is 0 Å². The Labute approximate surface area is 159 Å². The van der Waals surface area contributed by atoms with E-state index >= 15 is 0 Å². The molecule has 3 amide bonds. The number of amides is 3. The van der Waals surface area contributed by atoms with Gasteiger partial charge in [-0.25, -0.2) is 9.59 Å². The van der Waals surface area contributed by atoms with E-state index in [2.05, 4.69) is 10.6 Å². The zero-order valence-electron chi connectivity index (χ0n) is 16.2. The number of carbonyl (C=O) groups excluding carboxylic acids is 3. The van der Waals surface area contributed by atoms with Gasteiger partial charge in [0.25, 0.3) is 5.91 Å². The summed E-state index contributed by atoms with van der Waals surface area (Å²) in [5, 5.41) is 4.99. The van der Waals surface area contributed by atoms with Gasteiger partial charge in [0, 0.05) is 6.04 Å². The van der Waals surface area contributed by atoms with Crippen LogP contribution in [0.25, 0.3) is 0 Å². The van der Waals surface area contributed by atoms with Crippen LogP contribution in [0, 0.1) is 13.8 Å². The minimum absolute atomic E-state index is 0.0933. The lowest BCUT2D eigenvalue weighted by Gasteiger charge is -2.23. The number of hydrogen-bond donors (Lipinski definition) is 2. The monoisotopic (exact) mass is 376 g/mol. The Hall–Kier alpha value is -2.57. The van der Waals surface area contributed by atoms with E-state index in [9.17, 15) is 14.4 Å². The van der Waals surface area contributed by atoms with Crippen molar-refractivity contribution < 1.29 is 23.9 Å². The number of aryl methyl sites for hydroxylation is 2. The summed E-state index contributed by atoms with van der Waals surface area (Å²) in [6.07, 6.45) is 4.08. The third kappa shape index (κ3) is 6.92. The van der Waals surface area contributed by atoms with Crippen LogP contribution in [-0.2, 0) is 14.3 Å². The molecule has 1 aromatic rings. The summed E-state index contributed by atoms with van der Waals surface area (Å²) < 4.78 is 10.4. The van der Waals surface area contributed by atoms with E-state index in [1.165, 1.54) is 13.3 Å². The fourth-order valence-electron chi connectivity index (χ4n) is 2.91. The van der Waals surface area contributed by atoms with Crippen LogP contribution in [0.5, 0.6) is 5.75 Å². The molecule has 2 N–H and O–H groups in total. The summed E-state index contributed by atoms with van der Waals surface area (Å²) in [6.45, 7) is 5.04. The summed E-state index contributed by atoms with van der Waals surface area (Å²) in [5.41, 5.74) is 2.18. The number of carbonyl (C=O) groups is 3. The Morgan fingerprint density at radius 1 is 1.11 bits per heavy atom. The molecule has 1 aliphatic rings. The first kappa shape index (κ1) is 20.7. The number of esters is 1. The van der Waals surface area contributed by atoms with Crippen molar-refractivity contribution in [2.24, 2.45) is 0 Å². The molecule has 1 aromatic carbocycles. The first-order valence-corrected chi connectivity index (χ1v) is 9.36. The van der Waals surface area contributed by atoms with Crippen LogP contribution in [0.3, 0.4) is 0 Å². The van der Waals surface area contributed by atoms with Crippen molar-refractivity contribution in [3.05, 3.63) is 29.3 Å². The van der Waals surface area contributed by atoms with Crippen molar-refractivity contribution in [3.63, 3.8) is 0 Å². The maximum Gasteiger partial charge on any atom is 0.344 e. The molecule has 7 nitrogen and oxygen atoms in total. The Morgan fingerprint density at radius 3 is 2.48 bits per heavy atom. The summed E-state index contributed by atoms with van der Waals surface area (Å²) in [7, 11) is 0. The van der Waals surface area contributed by atoms with Crippen molar-refractivity contribution >= 4 is 17.9 Å². The molecule has 0 radical (unpaired) electrons. The Morgan fingerprint density at radius 2 is 1.81 bits per heavy atom. The molecule has 1 aliphatic carbocycles. The lowest BCUT2D eigenvalue weighted by atomic mass is 9.96. The molecule has 0 heterocycles. The van der Waals surface area contributed by atoms with Gasteiger partial charge in [0.1, 0.15) is 5.75 Å². The lowest BCUT2D eigenvalue weighted by Crippen LogP contribution is -2.48. The normalized spacial score (nSPS) is 15.5. The molecule has 1 saturated carbocycles. The van der Waals surface area contributed by atoms with Crippen molar-refractivity contribution in [2.75, 3.05) is 6.61 Å². The standard InChI is InChI=1S/C20H28N2O5/c1-13-9-10-17(11-14(13)2)26-12-18(23)27-15(3)19(24)22-20(25)21-16-7-5-4-6-8-16/h9-11,15-16H,4-8,12H2,1-3H3,(H2,21,22,24,25). The first-order chi connectivity index (χ1) is 12.8. The zero-order chi connectivity index (χ0) is 19.8. The summed E-state index contributed by atoms with van der Waals surface area (Å²) >= 11 is 0. The van der Waals surface area contributed by atoms with Crippen LogP contribution in [-0.4, -0.2) is 36.7 Å². The van der Waals surface area contributed by atoms with Crippen LogP contribution in [0.4, 0.5) is 4.79 Å². The molecular weight excluding hydrogens is 348 g/mol. The van der Waals surface area contributed by atoms with Gasteiger partial charge in [-0.1, -0.05) is 25.3 Å². The summed E-state index contributed by atoms with van der Waals surface area (Å²) in [6, 6.07) is 5.03. The van der Waals surface area contributed by atoms with E-state index in [4.69, 9.17) is 9.47 Å². The van der Waals surface area contributed by atoms with Crippen LogP contribution < -0.4 is 15.4 Å². The molecule has 0 aromatic heterocycles. The zero-order valence-corrected chi connectivity index (χ0v) is 16.2. The van der Waals surface area contributed by atoms with E-state index in [1.54, 1.807) is 6.07 Å². The number of rotatable bonds is 6. The van der Waals surface area contributed by atoms with Crippen LogP contribution in [0.15, 0.2) is 18.2 Å². The highest BCUT2D eigenvalue weighted by Gasteiger charge is 2.22. The van der Waals surface area contributed by atoms with Crippen LogP contribution in [0.1, 0.15) is 50.2 Å². The second kappa shape index (κ2) is 9.94. The number of imide groups is 1. The number of urea groups is 1. The van der Waals surface area contributed by atoms with Gasteiger partial charge in [0.05, 0.1) is 0 Å². The van der Waals surface area contributed by atoms with Crippen molar-refractivity contribution in [3.8, 4) is 5.75 Å². The highest BCUT2D eigenvalue weighted by Crippen LogP contribution is 2.17. The van der Waals surface area contributed by atoms with Gasteiger partial charge < -0.3 is 14.8 Å². The van der Waals surface area contributed by atoms with Crippen molar-refractivity contribution in [2.45, 2.75) is 65.0 Å². The third-order valence-electron chi connectivity index (χ3n) is 4.69. The highest BCUT2D eigenvalue weighted by atomic mass is 16.6. The second-order valence-electron chi connectivity index (χ2n) is 6.96. The summed E-state index contributed by atoms with van der Waals surface area (Å²) in [4.78, 5) is 35.7. The molecule has 0 saturated heterocycles. The largest absolute Gasteiger partial charge is 0.482 e. The highest BCUT2D eigenvalue weighted by molar-refractivity contribution is 5.97. The topological polar surface area (TPSA) is 93.7 Å². The Bertz CT molecular complexity index is 683. The third-order valence-corrected chi connectivity index (χ3v) is 4.69. The van der Waals surface area contributed by atoms with Gasteiger partial charge >= 0.3 is 12.0 Å². The maximum atomic E-state index is 12.0. The molecule has 0 spiro atoms. The SMILES string of the molecule is Cc1ccc(OCC(=O)OC(C)C(=O)NC(=O)NC2CCCCC2)cc1C. The summed E-state index contributed by atoms with van der Waals surface area (Å²) in [5.74, 6) is -0.787. The smallest absolute Gasteiger partial charge is 0.344 e. The molecule has 27 heavy (non-hydrogen) atoms. The van der Waals surface area contributed by atoms with Gasteiger partial charge in [0.15, 0.2) is 12.7 Å². The first-order valence-electron chi connectivity index (χ1n) is 9.36. The second-order valence-corrected chi connectivity index (χ2v) is 6.96. The molecule has 1 atom stereocenters. The van der Waals surface area contributed by atoms with Gasteiger partial charge in [-0.2, -0.15) is 0 Å². The van der Waals surface area contributed by atoms with E-state index in [1.807, 2.05) is 26.0 Å². The molecule has 2 rings (SSSR count). The molecule has 0 bridgehead atoms. The van der Waals surface area contributed by atoms with E-state index in [-0.39, 0.29) is 12.6 Å². The molecule has 7 heteroatoms. The minimum atomic E-state index is -1.09. The van der Waals surface area contributed by atoms with Crippen LogP contribution in [0.2, 0.25) is 0 Å². The van der Waals surface area contributed by atoms with Gasteiger partial charge in [-0.3, -0.25) is 10.1 Å². The fourth-order valence-corrected chi connectivity index (χ4v) is 2.91.